The molecule has 1 N–H and O–H groups in total. The summed E-state index contributed by atoms with van der Waals surface area (Å²) in [5.41, 5.74) is 0. The van der Waals surface area contributed by atoms with Crippen molar-refractivity contribution in [2.24, 2.45) is 0 Å². The molecule has 0 radical (unpaired) electrons. The van der Waals surface area contributed by atoms with E-state index in [1.165, 1.54) is 0 Å². The Hall–Kier alpha value is 0.552. The highest BCUT2D eigenvalue weighted by Gasteiger charge is 2.09. The average molecular weight is 181 g/mol. The summed E-state index contributed by atoms with van der Waals surface area (Å²) in [7, 11) is -2.37. The Morgan fingerprint density at radius 2 is 2.10 bits per heavy atom. The molecule has 0 aromatic rings. The molecule has 0 rings (SSSR count). The smallest absolute Gasteiger partial charge is 0.133 e. The van der Waals surface area contributed by atoms with E-state index in [9.17, 15) is 4.57 Å². The van der Waals surface area contributed by atoms with Crippen molar-refractivity contribution < 1.29 is 14.0 Å². The molecule has 0 aliphatic carbocycles. The molecular weight excluding hydrogens is 166 g/mol. The molecule has 0 aliphatic heterocycles. The fourth-order valence-corrected chi connectivity index (χ4v) is 0.780. The van der Waals surface area contributed by atoms with Gasteiger partial charge in [-0.25, -0.2) is 0 Å². The molecule has 3 nitrogen and oxygen atoms in total. The second kappa shape index (κ2) is 9.55. The van der Waals surface area contributed by atoms with Gasteiger partial charge in [0.05, 0.1) is 0 Å². The van der Waals surface area contributed by atoms with E-state index in [1.807, 2.05) is 0 Å². The lowest BCUT2D eigenvalue weighted by atomic mass is 10.3. The van der Waals surface area contributed by atoms with Crippen molar-refractivity contribution >= 4 is 25.6 Å². The van der Waals surface area contributed by atoms with E-state index in [1.54, 1.807) is 0 Å². The Bertz CT molecular complexity index is 89.0. The van der Waals surface area contributed by atoms with Crippen LogP contribution in [0.3, 0.4) is 0 Å². The van der Waals surface area contributed by atoms with Crippen LogP contribution in [0.15, 0.2) is 0 Å². The van der Waals surface area contributed by atoms with E-state index in [2.05, 4.69) is 11.4 Å². The summed E-state index contributed by atoms with van der Waals surface area (Å²) in [6.45, 7) is 2.47. The monoisotopic (exact) mass is 181 g/mol. The predicted molar refractivity (Wildman–Crippen MR) is 45.2 cm³/mol. The quantitative estimate of drug-likeness (QED) is 0.385. The Labute approximate surface area is 72.9 Å². The average Bonchev–Trinajstić information content (AvgIpc) is 1.80. The van der Waals surface area contributed by atoms with Crippen molar-refractivity contribution in [3.63, 3.8) is 0 Å². The van der Waals surface area contributed by atoms with E-state index in [0.717, 1.165) is 19.3 Å². The fraction of sp³-hybridized carbons (Fsp3) is 1.00. The molecule has 0 heterocycles. The summed E-state index contributed by atoms with van der Waals surface area (Å²) in [6, 6.07) is 0. The Morgan fingerprint density at radius 1 is 1.50 bits per heavy atom. The van der Waals surface area contributed by atoms with Gasteiger partial charge in [0.2, 0.25) is 0 Å². The van der Waals surface area contributed by atoms with Gasteiger partial charge in [0.1, 0.15) is 6.61 Å². The number of unbranched alkanes of at least 4 members (excludes halogenated alkanes) is 2. The molecule has 5 heteroatoms. The van der Waals surface area contributed by atoms with Gasteiger partial charge >= 0.3 is 8.25 Å². The number of hydrogen-bond acceptors (Lipinski definition) is 2. The summed E-state index contributed by atoms with van der Waals surface area (Å²) >= 11 is 0. The van der Waals surface area contributed by atoms with Gasteiger partial charge in [0.25, 0.3) is 0 Å². The molecule has 0 aliphatic rings. The van der Waals surface area contributed by atoms with E-state index >= 15 is 0 Å². The van der Waals surface area contributed by atoms with Gasteiger partial charge in [-0.05, 0) is 6.42 Å². The van der Waals surface area contributed by atoms with E-state index in [-0.39, 0.29) is 17.4 Å². The lowest BCUT2D eigenvalue weighted by molar-refractivity contribution is 0.274. The first-order valence-electron chi connectivity index (χ1n) is 3.06. The first kappa shape index (κ1) is 13.2. The minimum atomic E-state index is -2.37. The van der Waals surface area contributed by atoms with Crippen molar-refractivity contribution in [1.29, 1.82) is 0 Å². The zero-order valence-electron chi connectivity index (χ0n) is 5.54. The highest BCUT2D eigenvalue weighted by molar-refractivity contribution is 7.32. The highest BCUT2D eigenvalue weighted by Crippen LogP contribution is 2.14. The van der Waals surface area contributed by atoms with Crippen LogP contribution < -0.4 is 0 Å². The minimum Gasteiger partial charge on any atom is -0.133 e. The summed E-state index contributed by atoms with van der Waals surface area (Å²) in [4.78, 5) is 8.14. The molecule has 0 aromatic carbocycles. The highest BCUT2D eigenvalue weighted by atomic mass is 31.1. The molecular formula is C5H15AlO3P+. The molecule has 1 unspecified atom stereocenters. The van der Waals surface area contributed by atoms with Crippen LogP contribution >= 0.6 is 8.25 Å². The normalized spacial score (nSPS) is 10.4. The van der Waals surface area contributed by atoms with Gasteiger partial charge in [0.15, 0.2) is 17.4 Å². The molecule has 0 saturated heterocycles. The molecule has 10 heavy (non-hydrogen) atoms. The van der Waals surface area contributed by atoms with Gasteiger partial charge in [-0.2, -0.15) is 0 Å². The first-order chi connectivity index (χ1) is 4.27. The Morgan fingerprint density at radius 3 is 2.50 bits per heavy atom. The lowest BCUT2D eigenvalue weighted by Gasteiger charge is -1.87. The SMILES string of the molecule is CCCCCO[P+](=O)O.[AlH3]. The van der Waals surface area contributed by atoms with Crippen molar-refractivity contribution in [2.75, 3.05) is 6.61 Å². The second-order valence-electron chi connectivity index (χ2n) is 1.78. The molecule has 1 atom stereocenters. The third-order valence-electron chi connectivity index (χ3n) is 0.950. The second-order valence-corrected chi connectivity index (χ2v) is 2.51. The van der Waals surface area contributed by atoms with E-state index < -0.39 is 8.25 Å². The summed E-state index contributed by atoms with van der Waals surface area (Å²) in [5, 5.41) is 0. The fourth-order valence-electron chi connectivity index (χ4n) is 0.495. The maximum atomic E-state index is 9.89. The molecule has 60 valence electrons. The Balaban J connectivity index is 0. The van der Waals surface area contributed by atoms with E-state index in [4.69, 9.17) is 4.89 Å². The van der Waals surface area contributed by atoms with Gasteiger partial charge in [0, 0.05) is 4.57 Å². The maximum absolute atomic E-state index is 9.89. The molecule has 0 spiro atoms. The van der Waals surface area contributed by atoms with Crippen LogP contribution in [0.2, 0.25) is 0 Å². The molecule has 0 saturated carbocycles. The summed E-state index contributed by atoms with van der Waals surface area (Å²) in [6.07, 6.45) is 3.03. The van der Waals surface area contributed by atoms with Crippen LogP contribution in [0.4, 0.5) is 0 Å². The lowest BCUT2D eigenvalue weighted by Crippen LogP contribution is -1.84. The molecule has 0 bridgehead atoms. The first-order valence-corrected chi connectivity index (χ1v) is 4.19. The van der Waals surface area contributed by atoms with Crippen LogP contribution in [-0.2, 0) is 9.09 Å². The third-order valence-corrected chi connectivity index (χ3v) is 1.35. The zero-order chi connectivity index (χ0) is 7.11. The van der Waals surface area contributed by atoms with Crippen LogP contribution in [0.1, 0.15) is 26.2 Å². The van der Waals surface area contributed by atoms with Gasteiger partial charge in [-0.1, -0.05) is 19.8 Å². The van der Waals surface area contributed by atoms with Gasteiger partial charge in [-0.15, -0.1) is 9.42 Å². The molecule has 0 aromatic heterocycles. The van der Waals surface area contributed by atoms with Crippen molar-refractivity contribution in [2.45, 2.75) is 26.2 Å². The van der Waals surface area contributed by atoms with E-state index in [0.29, 0.717) is 6.61 Å². The van der Waals surface area contributed by atoms with Crippen LogP contribution in [-0.4, -0.2) is 28.9 Å². The number of rotatable bonds is 5. The largest absolute Gasteiger partial charge is 0.694 e. The van der Waals surface area contributed by atoms with Gasteiger partial charge < -0.3 is 0 Å². The van der Waals surface area contributed by atoms with Crippen molar-refractivity contribution in [3.05, 3.63) is 0 Å². The Kier molecular flexibility index (Phi) is 12.6. The molecule has 0 fully saturated rings. The van der Waals surface area contributed by atoms with Crippen LogP contribution in [0.5, 0.6) is 0 Å². The summed E-state index contributed by atoms with van der Waals surface area (Å²) in [5.74, 6) is 0. The number of hydrogen-bond donors (Lipinski definition) is 1. The third kappa shape index (κ3) is 11.4. The topological polar surface area (TPSA) is 46.5 Å². The van der Waals surface area contributed by atoms with Gasteiger partial charge in [-0.3, -0.25) is 0 Å². The van der Waals surface area contributed by atoms with Crippen molar-refractivity contribution in [1.82, 2.24) is 0 Å². The van der Waals surface area contributed by atoms with Crippen LogP contribution in [0.25, 0.3) is 0 Å². The predicted octanol–water partition coefficient (Wildman–Crippen LogP) is 0.659. The minimum absolute atomic E-state index is 0. The standard InChI is InChI=1S/C5H11O3P.Al.3H/c1-2-3-4-5-8-9(6)7;;;;/h2-5H2,1H3;;;;/p+1. The van der Waals surface area contributed by atoms with Crippen LogP contribution in [0, 0.1) is 0 Å². The zero-order valence-corrected chi connectivity index (χ0v) is 6.43. The van der Waals surface area contributed by atoms with Crippen molar-refractivity contribution in [3.8, 4) is 0 Å². The maximum Gasteiger partial charge on any atom is 0.694 e. The molecule has 0 amide bonds. The summed E-state index contributed by atoms with van der Waals surface area (Å²) < 4.78 is 14.3.